The van der Waals surface area contributed by atoms with E-state index in [1.807, 2.05) is 6.08 Å². The molecule has 2 aromatic rings. The number of pyridine rings is 2. The highest BCUT2D eigenvalue weighted by atomic mass is 19.1. The van der Waals surface area contributed by atoms with Gasteiger partial charge >= 0.3 is 0 Å². The van der Waals surface area contributed by atoms with Crippen LogP contribution in [0.25, 0.3) is 11.0 Å². The number of nitrogens with zero attached hydrogens (tertiary/aromatic N) is 2. The zero-order valence-corrected chi connectivity index (χ0v) is 19.5. The predicted octanol–water partition coefficient (Wildman–Crippen LogP) is 2.92. The molecule has 34 heavy (non-hydrogen) atoms. The average molecular weight is 470 g/mol. The second kappa shape index (κ2) is 10.7. The first-order valence-corrected chi connectivity index (χ1v) is 11.6. The van der Waals surface area contributed by atoms with Crippen LogP contribution in [0.3, 0.4) is 0 Å². The molecule has 0 spiro atoms. The molecule has 1 saturated heterocycles. The number of nitrogens with two attached hydrogens (primary N) is 1. The van der Waals surface area contributed by atoms with Crippen LogP contribution in [0.1, 0.15) is 25.7 Å². The van der Waals surface area contributed by atoms with E-state index >= 15 is 0 Å². The molecule has 0 radical (unpaired) electrons. The van der Waals surface area contributed by atoms with Crippen molar-refractivity contribution in [2.75, 3.05) is 31.6 Å². The van der Waals surface area contributed by atoms with Crippen LogP contribution in [0.5, 0.6) is 0 Å². The van der Waals surface area contributed by atoms with Gasteiger partial charge in [0.1, 0.15) is 13.2 Å². The number of aromatic nitrogens is 2. The molecular formula is C25H32FN5O3. The lowest BCUT2D eigenvalue weighted by Crippen LogP contribution is -2.35. The van der Waals surface area contributed by atoms with E-state index < -0.39 is 5.82 Å². The number of halogens is 1. The van der Waals surface area contributed by atoms with Gasteiger partial charge in [-0.2, -0.15) is 0 Å². The van der Waals surface area contributed by atoms with Crippen molar-refractivity contribution in [3.05, 3.63) is 70.4 Å². The maximum absolute atomic E-state index is 14.5. The van der Waals surface area contributed by atoms with Crippen molar-refractivity contribution < 1.29 is 13.9 Å². The SMILES string of the molecule is C=C(/C=C1/OCCO/C1=C/N)CN[C@H]1CC[C@H](CNc2c(F)cnc3ccc(=O)n(C)c23)CC1. The first kappa shape index (κ1) is 23.8. The van der Waals surface area contributed by atoms with E-state index in [-0.39, 0.29) is 5.56 Å². The lowest BCUT2D eigenvalue weighted by Gasteiger charge is -2.30. The highest BCUT2D eigenvalue weighted by Crippen LogP contribution is 2.28. The molecule has 182 valence electrons. The predicted molar refractivity (Wildman–Crippen MR) is 131 cm³/mol. The molecule has 1 aliphatic carbocycles. The Hall–Kier alpha value is -3.33. The minimum atomic E-state index is -0.448. The summed E-state index contributed by atoms with van der Waals surface area (Å²) >= 11 is 0. The van der Waals surface area contributed by atoms with Crippen molar-refractivity contribution >= 4 is 16.7 Å². The topological polar surface area (TPSA) is 103 Å². The van der Waals surface area contributed by atoms with E-state index in [1.54, 1.807) is 13.1 Å². The molecule has 0 atom stereocenters. The summed E-state index contributed by atoms with van der Waals surface area (Å²) in [5.41, 5.74) is 7.72. The van der Waals surface area contributed by atoms with Gasteiger partial charge < -0.3 is 30.4 Å². The summed E-state index contributed by atoms with van der Waals surface area (Å²) < 4.78 is 27.1. The summed E-state index contributed by atoms with van der Waals surface area (Å²) in [7, 11) is 1.64. The van der Waals surface area contributed by atoms with Crippen molar-refractivity contribution in [1.82, 2.24) is 14.9 Å². The molecule has 2 aromatic heterocycles. The smallest absolute Gasteiger partial charge is 0.250 e. The van der Waals surface area contributed by atoms with Gasteiger partial charge in [-0.25, -0.2) is 4.39 Å². The Morgan fingerprint density at radius 3 is 2.74 bits per heavy atom. The van der Waals surface area contributed by atoms with E-state index in [2.05, 4.69) is 22.2 Å². The summed E-state index contributed by atoms with van der Waals surface area (Å²) in [6.45, 7) is 6.40. The zero-order chi connectivity index (χ0) is 24.1. The Bertz CT molecular complexity index is 1170. The third-order valence-corrected chi connectivity index (χ3v) is 6.44. The second-order valence-corrected chi connectivity index (χ2v) is 8.82. The van der Waals surface area contributed by atoms with Crippen molar-refractivity contribution in [2.24, 2.45) is 18.7 Å². The quantitative estimate of drug-likeness (QED) is 0.573. The molecule has 0 aromatic carbocycles. The lowest BCUT2D eigenvalue weighted by atomic mass is 9.86. The van der Waals surface area contributed by atoms with Gasteiger partial charge in [-0.3, -0.25) is 9.78 Å². The van der Waals surface area contributed by atoms with Gasteiger partial charge in [0, 0.05) is 38.4 Å². The van der Waals surface area contributed by atoms with E-state index in [9.17, 15) is 9.18 Å². The fourth-order valence-electron chi connectivity index (χ4n) is 4.51. The van der Waals surface area contributed by atoms with Crippen molar-refractivity contribution in [3.8, 4) is 0 Å². The summed E-state index contributed by atoms with van der Waals surface area (Å²) in [6.07, 6.45) is 8.58. The number of anilines is 1. The Balaban J connectivity index is 1.27. The largest absolute Gasteiger partial charge is 0.486 e. The van der Waals surface area contributed by atoms with Gasteiger partial charge in [-0.05, 0) is 49.3 Å². The number of aryl methyl sites for hydroxylation is 1. The second-order valence-electron chi connectivity index (χ2n) is 8.82. The standard InChI is InChI=1S/C25H32FN5O3/c1-16(11-21-22(12-27)34-10-9-33-21)13-28-18-5-3-17(4-6-18)14-30-24-19(26)15-29-20-7-8-23(32)31(2)25(20)24/h7-8,11-12,15,17-18,28H,1,3-6,9-10,13-14,27H2,2H3,(H,29,30)/b21-11+,22-12+/t17-,18-. The molecule has 3 heterocycles. The maximum Gasteiger partial charge on any atom is 0.250 e. The van der Waals surface area contributed by atoms with Crippen LogP contribution in [0, 0.1) is 11.7 Å². The Labute approximate surface area is 198 Å². The number of ether oxygens (including phenoxy) is 2. The summed E-state index contributed by atoms with van der Waals surface area (Å²) in [5, 5.41) is 6.82. The van der Waals surface area contributed by atoms with Gasteiger partial charge in [0.15, 0.2) is 17.3 Å². The third-order valence-electron chi connectivity index (χ3n) is 6.44. The summed E-state index contributed by atoms with van der Waals surface area (Å²) in [6, 6.07) is 3.47. The molecule has 0 unspecified atom stereocenters. The minimum absolute atomic E-state index is 0.190. The zero-order valence-electron chi connectivity index (χ0n) is 19.5. The number of hydrogen-bond donors (Lipinski definition) is 3. The normalized spacial score (nSPS) is 23.0. The molecule has 0 amide bonds. The average Bonchev–Trinajstić information content (AvgIpc) is 2.85. The molecule has 1 saturated carbocycles. The van der Waals surface area contributed by atoms with Gasteiger partial charge in [0.25, 0.3) is 5.56 Å². The van der Waals surface area contributed by atoms with Crippen LogP contribution in [-0.2, 0) is 16.5 Å². The van der Waals surface area contributed by atoms with Gasteiger partial charge in [0.05, 0.1) is 22.9 Å². The highest BCUT2D eigenvalue weighted by Gasteiger charge is 2.22. The molecule has 4 rings (SSSR count). The fraction of sp³-hybridized carbons (Fsp3) is 0.440. The third kappa shape index (κ3) is 5.41. The van der Waals surface area contributed by atoms with Crippen LogP contribution < -0.4 is 21.9 Å². The molecule has 9 heteroatoms. The van der Waals surface area contributed by atoms with Crippen molar-refractivity contribution in [1.29, 1.82) is 0 Å². The number of hydrogen-bond acceptors (Lipinski definition) is 7. The van der Waals surface area contributed by atoms with Crippen LogP contribution in [0.4, 0.5) is 10.1 Å². The summed E-state index contributed by atoms with van der Waals surface area (Å²) in [4.78, 5) is 16.1. The first-order valence-electron chi connectivity index (χ1n) is 11.6. The minimum Gasteiger partial charge on any atom is -0.486 e. The summed E-state index contributed by atoms with van der Waals surface area (Å²) in [5.74, 6) is 1.14. The molecule has 4 N–H and O–H groups in total. The molecule has 2 aliphatic rings. The van der Waals surface area contributed by atoms with Gasteiger partial charge in [-0.15, -0.1) is 0 Å². The lowest BCUT2D eigenvalue weighted by molar-refractivity contribution is 0.0591. The van der Waals surface area contributed by atoms with Gasteiger partial charge in [-0.1, -0.05) is 6.58 Å². The molecule has 0 bridgehead atoms. The van der Waals surface area contributed by atoms with Crippen LogP contribution in [0.2, 0.25) is 0 Å². The molecule has 8 nitrogen and oxygen atoms in total. The number of rotatable bonds is 7. The van der Waals surface area contributed by atoms with E-state index in [4.69, 9.17) is 15.2 Å². The monoisotopic (exact) mass is 469 g/mol. The van der Waals surface area contributed by atoms with E-state index in [1.165, 1.54) is 23.0 Å². The van der Waals surface area contributed by atoms with Crippen molar-refractivity contribution in [3.63, 3.8) is 0 Å². The Morgan fingerprint density at radius 1 is 1.26 bits per heavy atom. The van der Waals surface area contributed by atoms with E-state index in [0.29, 0.717) is 66.5 Å². The van der Waals surface area contributed by atoms with Gasteiger partial charge in [0.2, 0.25) is 0 Å². The van der Waals surface area contributed by atoms with Crippen LogP contribution in [0.15, 0.2) is 59.1 Å². The number of fused-ring (bicyclic) bond motifs is 1. The Kier molecular flexibility index (Phi) is 7.52. The maximum atomic E-state index is 14.5. The highest BCUT2D eigenvalue weighted by molar-refractivity contribution is 5.88. The van der Waals surface area contributed by atoms with Crippen LogP contribution in [-0.4, -0.2) is 41.9 Å². The first-order chi connectivity index (χ1) is 16.5. The van der Waals surface area contributed by atoms with E-state index in [0.717, 1.165) is 31.3 Å². The molecular weight excluding hydrogens is 437 g/mol. The Morgan fingerprint density at radius 2 is 2.00 bits per heavy atom. The van der Waals surface area contributed by atoms with Crippen LogP contribution >= 0.6 is 0 Å². The molecule has 1 aliphatic heterocycles. The fourth-order valence-corrected chi connectivity index (χ4v) is 4.51. The van der Waals surface area contributed by atoms with Crippen molar-refractivity contribution in [2.45, 2.75) is 31.7 Å². The number of nitrogens with one attached hydrogen (secondary N) is 2. The molecule has 2 fully saturated rings.